The van der Waals surface area contributed by atoms with E-state index in [2.05, 4.69) is 5.32 Å². The van der Waals surface area contributed by atoms with Crippen LogP contribution in [0.3, 0.4) is 0 Å². The van der Waals surface area contributed by atoms with Crippen molar-refractivity contribution in [1.82, 2.24) is 5.32 Å². The number of hydrogen-bond donors (Lipinski definition) is 1. The molecule has 1 aliphatic rings. The van der Waals surface area contributed by atoms with Crippen molar-refractivity contribution in [2.75, 3.05) is 0 Å². The number of nitrogens with zero attached hydrogens (tertiary/aromatic N) is 1. The lowest BCUT2D eigenvalue weighted by molar-refractivity contribution is 0.0917. The molecule has 0 bridgehead atoms. The summed E-state index contributed by atoms with van der Waals surface area (Å²) in [6.07, 6.45) is 3.38. The maximum absolute atomic E-state index is 11.7. The fraction of sp³-hybridized carbons (Fsp3) is 0.333. The van der Waals surface area contributed by atoms with Crippen molar-refractivity contribution < 1.29 is 4.79 Å². The van der Waals surface area contributed by atoms with Gasteiger partial charge in [0.05, 0.1) is 11.6 Å². The second-order valence-corrected chi connectivity index (χ2v) is 3.79. The maximum atomic E-state index is 11.7. The molecule has 1 saturated carbocycles. The van der Waals surface area contributed by atoms with E-state index in [0.29, 0.717) is 17.2 Å². The van der Waals surface area contributed by atoms with Crippen molar-refractivity contribution in [3.05, 3.63) is 35.4 Å². The SMILES string of the molecule is N#Cc1ccc(C(=O)NC2CCC2)cc1. The van der Waals surface area contributed by atoms with Crippen molar-refractivity contribution in [3.8, 4) is 6.07 Å². The molecule has 2 rings (SSSR count). The third-order valence-corrected chi connectivity index (χ3v) is 2.72. The summed E-state index contributed by atoms with van der Waals surface area (Å²) < 4.78 is 0. The zero-order valence-electron chi connectivity index (χ0n) is 8.36. The Balaban J connectivity index is 2.02. The third kappa shape index (κ3) is 2.16. The van der Waals surface area contributed by atoms with Gasteiger partial charge >= 0.3 is 0 Å². The first kappa shape index (κ1) is 9.72. The topological polar surface area (TPSA) is 52.9 Å². The summed E-state index contributed by atoms with van der Waals surface area (Å²) >= 11 is 0. The van der Waals surface area contributed by atoms with Crippen LogP contribution in [-0.2, 0) is 0 Å². The lowest BCUT2D eigenvalue weighted by Gasteiger charge is -2.26. The molecule has 15 heavy (non-hydrogen) atoms. The summed E-state index contributed by atoms with van der Waals surface area (Å²) in [6, 6.07) is 9.08. The van der Waals surface area contributed by atoms with Crippen molar-refractivity contribution >= 4 is 5.91 Å². The molecule has 0 heterocycles. The molecule has 76 valence electrons. The van der Waals surface area contributed by atoms with Gasteiger partial charge in [-0.05, 0) is 43.5 Å². The van der Waals surface area contributed by atoms with Gasteiger partial charge in [0, 0.05) is 11.6 Å². The molecule has 1 aromatic rings. The molecule has 0 aliphatic heterocycles. The van der Waals surface area contributed by atoms with Crippen LogP contribution >= 0.6 is 0 Å². The first-order chi connectivity index (χ1) is 7.29. The number of benzene rings is 1. The predicted molar refractivity (Wildman–Crippen MR) is 56.3 cm³/mol. The van der Waals surface area contributed by atoms with Gasteiger partial charge in [0.1, 0.15) is 0 Å². The summed E-state index contributed by atoms with van der Waals surface area (Å²) in [4.78, 5) is 11.7. The Bertz CT molecular complexity index is 399. The number of nitrogens with one attached hydrogen (secondary N) is 1. The van der Waals surface area contributed by atoms with Crippen LogP contribution in [0.4, 0.5) is 0 Å². The van der Waals surface area contributed by atoms with Crippen LogP contribution in [-0.4, -0.2) is 11.9 Å². The van der Waals surface area contributed by atoms with Crippen molar-refractivity contribution in [2.45, 2.75) is 25.3 Å². The molecular formula is C12H12N2O. The minimum Gasteiger partial charge on any atom is -0.349 e. The highest BCUT2D eigenvalue weighted by atomic mass is 16.1. The van der Waals surface area contributed by atoms with E-state index in [1.165, 1.54) is 6.42 Å². The van der Waals surface area contributed by atoms with Crippen LogP contribution in [0, 0.1) is 11.3 Å². The summed E-state index contributed by atoms with van der Waals surface area (Å²) in [5.41, 5.74) is 1.20. The Labute approximate surface area is 88.7 Å². The molecule has 1 amide bonds. The fourth-order valence-corrected chi connectivity index (χ4v) is 1.52. The summed E-state index contributed by atoms with van der Waals surface area (Å²) in [5.74, 6) is -0.0378. The van der Waals surface area contributed by atoms with Gasteiger partial charge in [0.15, 0.2) is 0 Å². The number of amides is 1. The van der Waals surface area contributed by atoms with E-state index in [-0.39, 0.29) is 5.91 Å². The van der Waals surface area contributed by atoms with Crippen molar-refractivity contribution in [2.24, 2.45) is 0 Å². The van der Waals surface area contributed by atoms with Gasteiger partial charge in [-0.15, -0.1) is 0 Å². The third-order valence-electron chi connectivity index (χ3n) is 2.72. The predicted octanol–water partition coefficient (Wildman–Crippen LogP) is 1.84. The second kappa shape index (κ2) is 4.14. The molecule has 1 N–H and O–H groups in total. The number of rotatable bonds is 2. The molecule has 1 fully saturated rings. The minimum absolute atomic E-state index is 0.0378. The molecule has 3 nitrogen and oxygen atoms in total. The highest BCUT2D eigenvalue weighted by Crippen LogP contribution is 2.18. The van der Waals surface area contributed by atoms with Gasteiger partial charge in [-0.25, -0.2) is 0 Å². The van der Waals surface area contributed by atoms with Gasteiger partial charge in [-0.2, -0.15) is 5.26 Å². The number of nitriles is 1. The maximum Gasteiger partial charge on any atom is 0.251 e. The Kier molecular flexibility index (Phi) is 2.68. The average Bonchev–Trinajstić information content (AvgIpc) is 2.23. The van der Waals surface area contributed by atoms with Gasteiger partial charge in [0.2, 0.25) is 0 Å². The van der Waals surface area contributed by atoms with Crippen LogP contribution in [0.1, 0.15) is 35.2 Å². The zero-order chi connectivity index (χ0) is 10.7. The van der Waals surface area contributed by atoms with Crippen LogP contribution in [0.2, 0.25) is 0 Å². The lowest BCUT2D eigenvalue weighted by Crippen LogP contribution is -2.39. The number of carbonyl (C=O) groups is 1. The van der Waals surface area contributed by atoms with Gasteiger partial charge in [-0.3, -0.25) is 4.79 Å². The Morgan fingerprint density at radius 2 is 2.00 bits per heavy atom. The zero-order valence-corrected chi connectivity index (χ0v) is 8.36. The standard InChI is InChI=1S/C12H12N2O/c13-8-9-4-6-10(7-5-9)12(15)14-11-2-1-3-11/h4-7,11H,1-3H2,(H,14,15). The first-order valence-electron chi connectivity index (χ1n) is 5.10. The van der Waals surface area contributed by atoms with E-state index < -0.39 is 0 Å². The fourth-order valence-electron chi connectivity index (χ4n) is 1.52. The summed E-state index contributed by atoms with van der Waals surface area (Å²) in [5, 5.41) is 11.6. The van der Waals surface area contributed by atoms with Gasteiger partial charge < -0.3 is 5.32 Å². The smallest absolute Gasteiger partial charge is 0.251 e. The van der Waals surface area contributed by atoms with Crippen LogP contribution in [0.15, 0.2) is 24.3 Å². The molecule has 0 aromatic heterocycles. The van der Waals surface area contributed by atoms with E-state index in [1.807, 2.05) is 6.07 Å². The van der Waals surface area contributed by atoms with E-state index >= 15 is 0 Å². The van der Waals surface area contributed by atoms with Gasteiger partial charge in [-0.1, -0.05) is 0 Å². The van der Waals surface area contributed by atoms with Crippen LogP contribution < -0.4 is 5.32 Å². The summed E-state index contributed by atoms with van der Waals surface area (Å²) in [7, 11) is 0. The molecule has 0 saturated heterocycles. The van der Waals surface area contributed by atoms with E-state index in [9.17, 15) is 4.79 Å². The Morgan fingerprint density at radius 3 is 2.47 bits per heavy atom. The van der Waals surface area contributed by atoms with Crippen molar-refractivity contribution in [1.29, 1.82) is 5.26 Å². The van der Waals surface area contributed by atoms with Crippen LogP contribution in [0.5, 0.6) is 0 Å². The highest BCUT2D eigenvalue weighted by molar-refractivity contribution is 5.94. The molecular weight excluding hydrogens is 188 g/mol. The highest BCUT2D eigenvalue weighted by Gasteiger charge is 2.19. The average molecular weight is 200 g/mol. The Morgan fingerprint density at radius 1 is 1.33 bits per heavy atom. The molecule has 0 spiro atoms. The Hall–Kier alpha value is -1.82. The molecule has 1 aromatic carbocycles. The molecule has 3 heteroatoms. The molecule has 0 atom stereocenters. The van der Waals surface area contributed by atoms with Crippen LogP contribution in [0.25, 0.3) is 0 Å². The molecule has 0 radical (unpaired) electrons. The van der Waals surface area contributed by atoms with E-state index in [1.54, 1.807) is 24.3 Å². The molecule has 0 unspecified atom stereocenters. The summed E-state index contributed by atoms with van der Waals surface area (Å²) in [6.45, 7) is 0. The van der Waals surface area contributed by atoms with E-state index in [0.717, 1.165) is 12.8 Å². The number of hydrogen-bond acceptors (Lipinski definition) is 2. The quantitative estimate of drug-likeness (QED) is 0.792. The second-order valence-electron chi connectivity index (χ2n) is 3.79. The van der Waals surface area contributed by atoms with Crippen molar-refractivity contribution in [3.63, 3.8) is 0 Å². The van der Waals surface area contributed by atoms with E-state index in [4.69, 9.17) is 5.26 Å². The molecule has 1 aliphatic carbocycles. The largest absolute Gasteiger partial charge is 0.349 e. The number of carbonyl (C=O) groups excluding carboxylic acids is 1. The first-order valence-corrected chi connectivity index (χ1v) is 5.10. The van der Waals surface area contributed by atoms with Gasteiger partial charge in [0.25, 0.3) is 5.91 Å². The monoisotopic (exact) mass is 200 g/mol. The normalized spacial score (nSPS) is 15.1. The lowest BCUT2D eigenvalue weighted by atomic mass is 9.93. The minimum atomic E-state index is -0.0378.